The molecule has 3 aliphatic rings. The Balaban J connectivity index is 1.27. The lowest BCUT2D eigenvalue weighted by atomic mass is 9.67. The molecule has 1 aromatic rings. The summed E-state index contributed by atoms with van der Waals surface area (Å²) in [6, 6.07) is 9.15. The first kappa shape index (κ1) is 18.3. The van der Waals surface area contributed by atoms with E-state index >= 15 is 0 Å². The monoisotopic (exact) mass is 370 g/mol. The van der Waals surface area contributed by atoms with Gasteiger partial charge in [-0.25, -0.2) is 4.79 Å². The molecule has 2 aliphatic carbocycles. The zero-order valence-electron chi connectivity index (χ0n) is 16.7. The molecule has 0 unspecified atom stereocenters. The molecule has 0 aromatic heterocycles. The van der Waals surface area contributed by atoms with Crippen LogP contribution >= 0.6 is 0 Å². The Morgan fingerprint density at radius 1 is 1.26 bits per heavy atom. The summed E-state index contributed by atoms with van der Waals surface area (Å²) in [5.74, 6) is 0.683. The highest BCUT2D eigenvalue weighted by atomic mass is 16.6. The zero-order chi connectivity index (χ0) is 19.4. The Labute approximate surface area is 161 Å². The van der Waals surface area contributed by atoms with Crippen LogP contribution in [0.4, 0.5) is 4.79 Å². The molecule has 2 saturated carbocycles. The summed E-state index contributed by atoms with van der Waals surface area (Å²) in [5, 5.41) is 3.21. The SMILES string of the molecule is CN1C(=O)OCC12CC(C(=O)NC1CC(c3cccc(C(C)(C)C)c3)C1)C2. The predicted octanol–water partition coefficient (Wildman–Crippen LogP) is 3.58. The van der Waals surface area contributed by atoms with Crippen molar-refractivity contribution in [2.45, 2.75) is 69.4 Å². The maximum absolute atomic E-state index is 12.5. The number of nitrogens with one attached hydrogen (secondary N) is 1. The van der Waals surface area contributed by atoms with Gasteiger partial charge in [-0.2, -0.15) is 0 Å². The van der Waals surface area contributed by atoms with Gasteiger partial charge in [0, 0.05) is 19.0 Å². The Hall–Kier alpha value is -2.04. The molecule has 0 radical (unpaired) electrons. The van der Waals surface area contributed by atoms with E-state index in [0.29, 0.717) is 25.4 Å². The molecule has 0 atom stereocenters. The molecule has 1 N–H and O–H groups in total. The van der Waals surface area contributed by atoms with Crippen LogP contribution in [-0.2, 0) is 14.9 Å². The van der Waals surface area contributed by atoms with Gasteiger partial charge in [0.15, 0.2) is 0 Å². The minimum Gasteiger partial charge on any atom is -0.447 e. The number of cyclic esters (lactones) is 1. The van der Waals surface area contributed by atoms with Crippen LogP contribution in [0.25, 0.3) is 0 Å². The van der Waals surface area contributed by atoms with Crippen molar-refractivity contribution in [2.24, 2.45) is 5.92 Å². The number of carbonyl (C=O) groups excluding carboxylic acids is 2. The zero-order valence-corrected chi connectivity index (χ0v) is 16.7. The summed E-state index contributed by atoms with van der Waals surface area (Å²) in [7, 11) is 1.77. The average Bonchev–Trinajstić information content (AvgIpc) is 2.84. The summed E-state index contributed by atoms with van der Waals surface area (Å²) in [6.45, 7) is 7.13. The van der Waals surface area contributed by atoms with Crippen LogP contribution in [0.1, 0.15) is 63.5 Å². The maximum Gasteiger partial charge on any atom is 0.410 e. The molecular weight excluding hydrogens is 340 g/mol. The van der Waals surface area contributed by atoms with Crippen molar-refractivity contribution in [1.82, 2.24) is 10.2 Å². The standard InChI is InChI=1S/C22H30N2O3/c1-21(2,3)17-7-5-6-14(8-17)15-9-18(10-15)23-19(25)16-11-22(12-16)13-27-20(26)24(22)4/h5-8,15-16,18H,9-13H2,1-4H3,(H,23,25). The Morgan fingerprint density at radius 3 is 2.56 bits per heavy atom. The second-order valence-corrected chi connectivity index (χ2v) is 9.69. The molecule has 1 aromatic carbocycles. The molecule has 1 heterocycles. The van der Waals surface area contributed by atoms with Crippen LogP contribution in [0.2, 0.25) is 0 Å². The fourth-order valence-corrected chi connectivity index (χ4v) is 4.60. The van der Waals surface area contributed by atoms with E-state index in [1.54, 1.807) is 11.9 Å². The van der Waals surface area contributed by atoms with Gasteiger partial charge in [0.05, 0.1) is 5.54 Å². The summed E-state index contributed by atoms with van der Waals surface area (Å²) >= 11 is 0. The summed E-state index contributed by atoms with van der Waals surface area (Å²) in [4.78, 5) is 25.7. The lowest BCUT2D eigenvalue weighted by molar-refractivity contribution is -0.133. The highest BCUT2D eigenvalue weighted by molar-refractivity contribution is 5.81. The van der Waals surface area contributed by atoms with Gasteiger partial charge in [-0.3, -0.25) is 4.79 Å². The number of rotatable bonds is 3. The second-order valence-electron chi connectivity index (χ2n) is 9.69. The van der Waals surface area contributed by atoms with Crippen LogP contribution in [-0.4, -0.2) is 42.1 Å². The van der Waals surface area contributed by atoms with Crippen LogP contribution in [0, 0.1) is 5.92 Å². The van der Waals surface area contributed by atoms with Crippen molar-refractivity contribution < 1.29 is 14.3 Å². The van der Waals surface area contributed by atoms with Gasteiger partial charge >= 0.3 is 6.09 Å². The maximum atomic E-state index is 12.5. The normalized spacial score (nSPS) is 32.7. The van der Waals surface area contributed by atoms with Crippen molar-refractivity contribution in [3.8, 4) is 0 Å². The number of likely N-dealkylation sites (N-methyl/N-ethyl adjacent to an activating group) is 1. The van der Waals surface area contributed by atoms with Gasteiger partial charge in [0.2, 0.25) is 5.91 Å². The second kappa shape index (κ2) is 6.25. The van der Waals surface area contributed by atoms with Gasteiger partial charge in [0.1, 0.15) is 6.61 Å². The average molecular weight is 370 g/mol. The van der Waals surface area contributed by atoms with Crippen molar-refractivity contribution in [1.29, 1.82) is 0 Å². The third-order valence-corrected chi connectivity index (χ3v) is 6.78. The Kier molecular flexibility index (Phi) is 4.24. The summed E-state index contributed by atoms with van der Waals surface area (Å²) in [6.07, 6.45) is 3.18. The van der Waals surface area contributed by atoms with E-state index in [0.717, 1.165) is 12.8 Å². The first-order valence-corrected chi connectivity index (χ1v) is 9.99. The number of carbonyl (C=O) groups is 2. The third-order valence-electron chi connectivity index (χ3n) is 6.78. The third kappa shape index (κ3) is 3.21. The van der Waals surface area contributed by atoms with Crippen LogP contribution in [0.5, 0.6) is 0 Å². The Bertz CT molecular complexity index is 755. The molecule has 1 spiro atoms. The smallest absolute Gasteiger partial charge is 0.410 e. The lowest BCUT2D eigenvalue weighted by Crippen LogP contribution is -2.59. The molecule has 1 saturated heterocycles. The molecule has 3 fully saturated rings. The van der Waals surface area contributed by atoms with Crippen molar-refractivity contribution >= 4 is 12.0 Å². The number of amides is 2. The van der Waals surface area contributed by atoms with Crippen LogP contribution in [0.3, 0.4) is 0 Å². The molecule has 0 bridgehead atoms. The molecular formula is C22H30N2O3. The van der Waals surface area contributed by atoms with Gasteiger partial charge in [0.25, 0.3) is 0 Å². The molecule has 146 valence electrons. The summed E-state index contributed by atoms with van der Waals surface area (Å²) in [5.41, 5.74) is 2.67. The number of ether oxygens (including phenoxy) is 1. The van der Waals surface area contributed by atoms with Crippen LogP contribution < -0.4 is 5.32 Å². The predicted molar refractivity (Wildman–Crippen MR) is 104 cm³/mol. The van der Waals surface area contributed by atoms with E-state index in [2.05, 4.69) is 50.4 Å². The molecule has 1 aliphatic heterocycles. The largest absolute Gasteiger partial charge is 0.447 e. The van der Waals surface area contributed by atoms with E-state index < -0.39 is 0 Å². The van der Waals surface area contributed by atoms with Crippen LogP contribution in [0.15, 0.2) is 24.3 Å². The minimum absolute atomic E-state index is 0.00483. The van der Waals surface area contributed by atoms with Crippen molar-refractivity contribution in [2.75, 3.05) is 13.7 Å². The molecule has 2 amide bonds. The van der Waals surface area contributed by atoms with Gasteiger partial charge in [-0.1, -0.05) is 45.0 Å². The van der Waals surface area contributed by atoms with E-state index in [1.807, 2.05) is 0 Å². The highest BCUT2D eigenvalue weighted by Gasteiger charge is 2.56. The number of hydrogen-bond donors (Lipinski definition) is 1. The van der Waals surface area contributed by atoms with Gasteiger partial charge in [-0.05, 0) is 48.1 Å². The minimum atomic E-state index is -0.270. The number of nitrogens with zero attached hydrogens (tertiary/aromatic N) is 1. The fourth-order valence-electron chi connectivity index (χ4n) is 4.60. The Morgan fingerprint density at radius 2 is 1.96 bits per heavy atom. The number of hydrogen-bond acceptors (Lipinski definition) is 3. The molecule has 5 heteroatoms. The first-order chi connectivity index (χ1) is 12.7. The van der Waals surface area contributed by atoms with Crippen molar-refractivity contribution in [3.63, 3.8) is 0 Å². The molecule has 4 rings (SSSR count). The molecule has 5 nitrogen and oxygen atoms in total. The first-order valence-electron chi connectivity index (χ1n) is 9.99. The van der Waals surface area contributed by atoms with E-state index in [4.69, 9.17) is 4.74 Å². The van der Waals surface area contributed by atoms with Gasteiger partial charge in [-0.15, -0.1) is 0 Å². The van der Waals surface area contributed by atoms with E-state index in [1.165, 1.54) is 11.1 Å². The lowest BCUT2D eigenvalue weighted by Gasteiger charge is -2.47. The summed E-state index contributed by atoms with van der Waals surface area (Å²) < 4.78 is 5.12. The number of benzene rings is 1. The van der Waals surface area contributed by atoms with E-state index in [9.17, 15) is 9.59 Å². The highest BCUT2D eigenvalue weighted by Crippen LogP contribution is 2.46. The quantitative estimate of drug-likeness (QED) is 0.885. The molecule has 27 heavy (non-hydrogen) atoms. The fraction of sp³-hybridized carbons (Fsp3) is 0.636. The van der Waals surface area contributed by atoms with Gasteiger partial charge < -0.3 is 15.0 Å². The van der Waals surface area contributed by atoms with Crippen molar-refractivity contribution in [3.05, 3.63) is 35.4 Å². The van der Waals surface area contributed by atoms with E-state index in [-0.39, 0.29) is 34.9 Å². The topological polar surface area (TPSA) is 58.6 Å².